The molecule has 39 heavy (non-hydrogen) atoms. The fourth-order valence-electron chi connectivity index (χ4n) is 5.13. The molecule has 0 unspecified atom stereocenters. The lowest BCUT2D eigenvalue weighted by atomic mass is 9.87. The average molecular weight is 551 g/mol. The summed E-state index contributed by atoms with van der Waals surface area (Å²) in [6.45, 7) is 0. The van der Waals surface area contributed by atoms with Crippen LogP contribution in [0.3, 0.4) is 0 Å². The van der Waals surface area contributed by atoms with Gasteiger partial charge in [0.05, 0.1) is 11.1 Å². The van der Waals surface area contributed by atoms with E-state index in [0.29, 0.717) is 16.1 Å². The lowest BCUT2D eigenvalue weighted by Crippen LogP contribution is -2.04. The van der Waals surface area contributed by atoms with Crippen LogP contribution in [0.2, 0.25) is 5.02 Å². The summed E-state index contributed by atoms with van der Waals surface area (Å²) in [4.78, 5) is 0. The van der Waals surface area contributed by atoms with Gasteiger partial charge in [0.15, 0.2) is 0 Å². The van der Waals surface area contributed by atoms with E-state index in [4.69, 9.17) is 11.6 Å². The minimum atomic E-state index is -4.44. The molecule has 6 aromatic carbocycles. The van der Waals surface area contributed by atoms with Crippen LogP contribution in [-0.2, 0) is 12.4 Å². The molecule has 0 bridgehead atoms. The van der Waals surface area contributed by atoms with Crippen LogP contribution in [0, 0.1) is 0 Å². The molecule has 0 spiro atoms. The van der Waals surface area contributed by atoms with Crippen LogP contribution >= 0.6 is 11.6 Å². The van der Waals surface area contributed by atoms with Gasteiger partial charge in [0.2, 0.25) is 0 Å². The number of fused-ring (bicyclic) bond motifs is 5. The maximum atomic E-state index is 13.2. The van der Waals surface area contributed by atoms with Gasteiger partial charge in [-0.15, -0.1) is 0 Å². The van der Waals surface area contributed by atoms with E-state index in [2.05, 4.69) is 0 Å². The van der Waals surface area contributed by atoms with Gasteiger partial charge in [0.25, 0.3) is 0 Å². The maximum Gasteiger partial charge on any atom is 0.416 e. The Morgan fingerprint density at radius 3 is 1.31 bits per heavy atom. The van der Waals surface area contributed by atoms with Gasteiger partial charge in [-0.3, -0.25) is 0 Å². The lowest BCUT2D eigenvalue weighted by molar-refractivity contribution is -0.138. The number of alkyl halides is 6. The van der Waals surface area contributed by atoms with E-state index in [-0.39, 0.29) is 0 Å². The van der Waals surface area contributed by atoms with Gasteiger partial charge in [-0.05, 0) is 103 Å². The molecule has 0 fully saturated rings. The van der Waals surface area contributed by atoms with Gasteiger partial charge in [0, 0.05) is 5.02 Å². The number of hydrogen-bond acceptors (Lipinski definition) is 0. The molecule has 0 saturated carbocycles. The highest BCUT2D eigenvalue weighted by molar-refractivity contribution is 6.32. The Labute approximate surface area is 224 Å². The Morgan fingerprint density at radius 2 is 0.821 bits per heavy atom. The van der Waals surface area contributed by atoms with Crippen molar-refractivity contribution in [1.29, 1.82) is 0 Å². The van der Waals surface area contributed by atoms with Crippen molar-refractivity contribution in [3.8, 4) is 22.3 Å². The van der Waals surface area contributed by atoms with Gasteiger partial charge >= 0.3 is 12.4 Å². The number of halogens is 7. The van der Waals surface area contributed by atoms with Gasteiger partial charge in [-0.25, -0.2) is 0 Å². The van der Waals surface area contributed by atoms with E-state index < -0.39 is 23.5 Å². The Bertz CT molecular complexity index is 1870. The van der Waals surface area contributed by atoms with E-state index in [1.54, 1.807) is 12.1 Å². The molecular weight excluding hydrogens is 534 g/mol. The van der Waals surface area contributed by atoms with Crippen LogP contribution < -0.4 is 0 Å². The van der Waals surface area contributed by atoms with E-state index in [1.165, 1.54) is 24.3 Å². The van der Waals surface area contributed by atoms with Gasteiger partial charge in [0.1, 0.15) is 0 Å². The average Bonchev–Trinajstić information content (AvgIpc) is 2.91. The Morgan fingerprint density at radius 1 is 0.410 bits per heavy atom. The van der Waals surface area contributed by atoms with Crippen LogP contribution in [0.15, 0.2) is 103 Å². The van der Waals surface area contributed by atoms with E-state index >= 15 is 0 Å². The first-order valence-corrected chi connectivity index (χ1v) is 12.3. The smallest absolute Gasteiger partial charge is 0.166 e. The Balaban J connectivity index is 1.66. The Kier molecular flexibility index (Phi) is 5.84. The first-order valence-electron chi connectivity index (χ1n) is 11.9. The molecular formula is C32H17ClF6. The fraction of sp³-hybridized carbons (Fsp3) is 0.0625. The van der Waals surface area contributed by atoms with Gasteiger partial charge in [-0.1, -0.05) is 66.2 Å². The highest BCUT2D eigenvalue weighted by Crippen LogP contribution is 2.43. The molecule has 0 aliphatic carbocycles. The molecule has 7 heteroatoms. The quantitative estimate of drug-likeness (QED) is 0.148. The number of rotatable bonds is 2. The van der Waals surface area contributed by atoms with Crippen molar-refractivity contribution in [2.45, 2.75) is 12.4 Å². The van der Waals surface area contributed by atoms with Crippen molar-refractivity contribution in [3.05, 3.63) is 119 Å². The topological polar surface area (TPSA) is 0 Å². The molecule has 0 radical (unpaired) electrons. The van der Waals surface area contributed by atoms with Crippen LogP contribution in [-0.4, -0.2) is 0 Å². The first-order chi connectivity index (χ1) is 18.5. The third-order valence-electron chi connectivity index (χ3n) is 6.98. The van der Waals surface area contributed by atoms with Gasteiger partial charge < -0.3 is 0 Å². The predicted molar refractivity (Wildman–Crippen MR) is 145 cm³/mol. The number of hydrogen-bond donors (Lipinski definition) is 0. The molecule has 6 rings (SSSR count). The largest absolute Gasteiger partial charge is 0.416 e. The second-order valence-corrected chi connectivity index (χ2v) is 9.77. The van der Waals surface area contributed by atoms with Crippen molar-refractivity contribution in [3.63, 3.8) is 0 Å². The van der Waals surface area contributed by atoms with Crippen molar-refractivity contribution in [2.24, 2.45) is 0 Å². The third-order valence-corrected chi connectivity index (χ3v) is 7.22. The summed E-state index contributed by atoms with van der Waals surface area (Å²) in [6, 6.07) is 26.9. The second-order valence-electron chi connectivity index (χ2n) is 9.33. The summed E-state index contributed by atoms with van der Waals surface area (Å²) < 4.78 is 79.1. The Hall–Kier alpha value is -4.03. The summed E-state index contributed by atoms with van der Waals surface area (Å²) in [7, 11) is 0. The van der Waals surface area contributed by atoms with Crippen LogP contribution in [0.5, 0.6) is 0 Å². The zero-order chi connectivity index (χ0) is 27.5. The molecule has 0 aliphatic heterocycles. The van der Waals surface area contributed by atoms with Crippen LogP contribution in [0.25, 0.3) is 54.6 Å². The summed E-state index contributed by atoms with van der Waals surface area (Å²) in [5.74, 6) is 0. The molecule has 0 saturated heterocycles. The van der Waals surface area contributed by atoms with Crippen LogP contribution in [0.4, 0.5) is 26.3 Å². The molecule has 0 aliphatic rings. The molecule has 0 N–H and O–H groups in total. The van der Waals surface area contributed by atoms with Crippen molar-refractivity contribution < 1.29 is 26.3 Å². The van der Waals surface area contributed by atoms with E-state index in [1.807, 2.05) is 42.5 Å². The highest BCUT2D eigenvalue weighted by Gasteiger charge is 2.31. The summed E-state index contributed by atoms with van der Waals surface area (Å²) in [5.41, 5.74) is 1.29. The van der Waals surface area contributed by atoms with Crippen molar-refractivity contribution in [2.75, 3.05) is 0 Å². The minimum absolute atomic E-state index is 0.484. The first kappa shape index (κ1) is 25.3. The third kappa shape index (κ3) is 4.49. The SMILES string of the molecule is FC(F)(F)c1ccc(-c2cc3c4cc(Cl)ccc4c(-c4ccc(C(F)(F)F)cc4)cc3c3ccccc23)cc1. The standard InChI is InChI=1S/C32H17ClF6/c33-22-13-14-25-27(19-7-11-21(12-8-19)32(37,38)39)16-29-24-4-2-1-3-23(24)26(17-30(29)28(25)15-22)18-5-9-20(10-6-18)31(34,35)36/h1-17H. The second kappa shape index (κ2) is 9.02. The van der Waals surface area contributed by atoms with Crippen LogP contribution in [0.1, 0.15) is 11.1 Å². The summed E-state index contributed by atoms with van der Waals surface area (Å²) in [5, 5.41) is 5.44. The fourth-order valence-corrected chi connectivity index (χ4v) is 5.30. The molecule has 0 nitrogen and oxygen atoms in total. The molecule has 194 valence electrons. The molecule has 6 aromatic rings. The predicted octanol–water partition coefficient (Wildman–Crippen LogP) is 11.2. The molecule has 0 aromatic heterocycles. The lowest BCUT2D eigenvalue weighted by Gasteiger charge is -2.17. The zero-order valence-corrected chi connectivity index (χ0v) is 20.7. The normalized spacial score (nSPS) is 12.5. The van der Waals surface area contributed by atoms with E-state index in [0.717, 1.165) is 67.7 Å². The van der Waals surface area contributed by atoms with E-state index in [9.17, 15) is 26.3 Å². The minimum Gasteiger partial charge on any atom is -0.166 e. The zero-order valence-electron chi connectivity index (χ0n) is 20.0. The van der Waals surface area contributed by atoms with Gasteiger partial charge in [-0.2, -0.15) is 26.3 Å². The summed E-state index contributed by atoms with van der Waals surface area (Å²) in [6.07, 6.45) is -8.88. The molecule has 0 amide bonds. The summed E-state index contributed by atoms with van der Waals surface area (Å²) >= 11 is 6.39. The number of benzene rings is 6. The monoisotopic (exact) mass is 550 g/mol. The maximum absolute atomic E-state index is 13.2. The highest BCUT2D eigenvalue weighted by atomic mass is 35.5. The van der Waals surface area contributed by atoms with Crippen molar-refractivity contribution in [1.82, 2.24) is 0 Å². The molecule has 0 atom stereocenters. The van der Waals surface area contributed by atoms with Crippen molar-refractivity contribution >= 4 is 43.9 Å². The molecule has 0 heterocycles.